The van der Waals surface area contributed by atoms with Gasteiger partial charge in [-0.15, -0.1) is 0 Å². The second-order valence-electron chi connectivity index (χ2n) is 6.42. The maximum Gasteiger partial charge on any atom is 0.233 e. The zero-order valence-corrected chi connectivity index (χ0v) is 15.6. The molecular formula is C17H27N3O4S. The summed E-state index contributed by atoms with van der Waals surface area (Å²) in [5.41, 5.74) is 0.596. The monoisotopic (exact) mass is 369 g/mol. The molecule has 1 saturated heterocycles. The summed E-state index contributed by atoms with van der Waals surface area (Å²) < 4.78 is 31.4. The Morgan fingerprint density at radius 1 is 1.20 bits per heavy atom. The maximum absolute atomic E-state index is 12.7. The Bertz CT molecular complexity index is 662. The van der Waals surface area contributed by atoms with Crippen LogP contribution < -0.4 is 15.4 Å². The summed E-state index contributed by atoms with van der Waals surface area (Å²) in [6, 6.07) is 6.69. The van der Waals surface area contributed by atoms with Crippen molar-refractivity contribution in [2.24, 2.45) is 5.41 Å². The minimum Gasteiger partial charge on any atom is -0.384 e. The molecule has 25 heavy (non-hydrogen) atoms. The van der Waals surface area contributed by atoms with Gasteiger partial charge < -0.3 is 15.4 Å². The average molecular weight is 369 g/mol. The van der Waals surface area contributed by atoms with Gasteiger partial charge in [-0.05, 0) is 56.6 Å². The van der Waals surface area contributed by atoms with Crippen molar-refractivity contribution in [2.75, 3.05) is 42.6 Å². The average Bonchev–Trinajstić information content (AvgIpc) is 2.57. The van der Waals surface area contributed by atoms with E-state index in [2.05, 4.69) is 15.4 Å². The van der Waals surface area contributed by atoms with Crippen LogP contribution in [0.25, 0.3) is 0 Å². The number of nitrogens with one attached hydrogen (secondary N) is 3. The molecule has 1 heterocycles. The van der Waals surface area contributed by atoms with E-state index >= 15 is 0 Å². The van der Waals surface area contributed by atoms with E-state index in [0.29, 0.717) is 24.4 Å². The molecule has 0 bridgehead atoms. The summed E-state index contributed by atoms with van der Waals surface area (Å²) >= 11 is 0. The Kier molecular flexibility index (Phi) is 6.80. The van der Waals surface area contributed by atoms with Crippen molar-refractivity contribution in [3.63, 3.8) is 0 Å². The molecule has 0 saturated carbocycles. The molecule has 1 aromatic rings. The Morgan fingerprint density at radius 3 is 2.36 bits per heavy atom. The number of benzene rings is 1. The van der Waals surface area contributed by atoms with Gasteiger partial charge in [0, 0.05) is 18.5 Å². The number of amides is 1. The van der Waals surface area contributed by atoms with Gasteiger partial charge in [0.25, 0.3) is 0 Å². The van der Waals surface area contributed by atoms with E-state index in [0.717, 1.165) is 25.9 Å². The van der Waals surface area contributed by atoms with Gasteiger partial charge in [-0.1, -0.05) is 6.92 Å². The third-order valence-corrected chi connectivity index (χ3v) is 5.84. The fraction of sp³-hybridized carbons (Fsp3) is 0.588. The van der Waals surface area contributed by atoms with Crippen LogP contribution in [-0.4, -0.2) is 46.9 Å². The zero-order valence-electron chi connectivity index (χ0n) is 14.8. The van der Waals surface area contributed by atoms with Crippen LogP contribution in [0, 0.1) is 5.41 Å². The van der Waals surface area contributed by atoms with E-state index in [-0.39, 0.29) is 11.7 Å². The Labute approximate surface area is 149 Å². The van der Waals surface area contributed by atoms with E-state index in [9.17, 15) is 13.2 Å². The standard InChI is InChI=1S/C17H27N3O4S/c1-3-12-25(22,23)20-15-6-4-14(5-7-15)19-16(21)17(13-24-2)8-10-18-11-9-17/h4-7,18,20H,3,8-13H2,1-2H3,(H,19,21). The predicted molar refractivity (Wildman–Crippen MR) is 99.2 cm³/mol. The van der Waals surface area contributed by atoms with Crippen LogP contribution in [-0.2, 0) is 19.6 Å². The Hall–Kier alpha value is -1.64. The normalized spacial score (nSPS) is 17.0. The predicted octanol–water partition coefficient (Wildman–Crippen LogP) is 1.79. The van der Waals surface area contributed by atoms with Gasteiger partial charge in [-0.2, -0.15) is 0 Å². The molecule has 1 amide bonds. The number of carbonyl (C=O) groups is 1. The van der Waals surface area contributed by atoms with E-state index in [1.807, 2.05) is 6.92 Å². The van der Waals surface area contributed by atoms with Gasteiger partial charge in [0.05, 0.1) is 17.8 Å². The van der Waals surface area contributed by atoms with Crippen LogP contribution in [0.4, 0.5) is 11.4 Å². The first-order valence-corrected chi connectivity index (χ1v) is 10.2. The zero-order chi connectivity index (χ0) is 18.3. The van der Waals surface area contributed by atoms with Crippen molar-refractivity contribution < 1.29 is 17.9 Å². The topological polar surface area (TPSA) is 96.5 Å². The van der Waals surface area contributed by atoms with Crippen LogP contribution in [0.5, 0.6) is 0 Å². The molecule has 1 aliphatic rings. The number of anilines is 2. The minimum atomic E-state index is -3.32. The molecule has 7 nitrogen and oxygen atoms in total. The first kappa shape index (κ1) is 19.7. The van der Waals surface area contributed by atoms with Gasteiger partial charge >= 0.3 is 0 Å². The van der Waals surface area contributed by atoms with Crippen LogP contribution in [0.3, 0.4) is 0 Å². The van der Waals surface area contributed by atoms with Crippen LogP contribution in [0.2, 0.25) is 0 Å². The third-order valence-electron chi connectivity index (χ3n) is 4.35. The summed E-state index contributed by atoms with van der Waals surface area (Å²) in [4.78, 5) is 12.7. The van der Waals surface area contributed by atoms with Gasteiger partial charge in [0.1, 0.15) is 0 Å². The van der Waals surface area contributed by atoms with Crippen LogP contribution in [0.1, 0.15) is 26.2 Å². The number of hydrogen-bond acceptors (Lipinski definition) is 5. The number of rotatable bonds is 8. The van der Waals surface area contributed by atoms with Crippen molar-refractivity contribution in [2.45, 2.75) is 26.2 Å². The second kappa shape index (κ2) is 8.64. The lowest BCUT2D eigenvalue weighted by atomic mass is 9.78. The molecule has 1 aliphatic heterocycles. The first-order valence-electron chi connectivity index (χ1n) is 8.52. The molecule has 2 rings (SSSR count). The van der Waals surface area contributed by atoms with Gasteiger partial charge in [0.15, 0.2) is 0 Å². The Balaban J connectivity index is 2.03. The van der Waals surface area contributed by atoms with Gasteiger partial charge in [-0.25, -0.2) is 8.42 Å². The lowest BCUT2D eigenvalue weighted by molar-refractivity contribution is -0.130. The number of hydrogen-bond donors (Lipinski definition) is 3. The highest BCUT2D eigenvalue weighted by Crippen LogP contribution is 2.31. The molecule has 0 spiro atoms. The summed E-state index contributed by atoms with van der Waals surface area (Å²) in [6.07, 6.45) is 2.00. The smallest absolute Gasteiger partial charge is 0.233 e. The Morgan fingerprint density at radius 2 is 1.80 bits per heavy atom. The van der Waals surface area contributed by atoms with E-state index in [1.165, 1.54) is 0 Å². The highest BCUT2D eigenvalue weighted by molar-refractivity contribution is 7.92. The SMILES string of the molecule is CCCS(=O)(=O)Nc1ccc(NC(=O)C2(COC)CCNCC2)cc1. The largest absolute Gasteiger partial charge is 0.384 e. The second-order valence-corrected chi connectivity index (χ2v) is 8.26. The lowest BCUT2D eigenvalue weighted by Crippen LogP contribution is -2.47. The van der Waals surface area contributed by atoms with Crippen molar-refractivity contribution in [3.8, 4) is 0 Å². The molecule has 140 valence electrons. The highest BCUT2D eigenvalue weighted by atomic mass is 32.2. The number of methoxy groups -OCH3 is 1. The fourth-order valence-electron chi connectivity index (χ4n) is 3.00. The number of ether oxygens (including phenoxy) is 1. The molecule has 1 fully saturated rings. The first-order chi connectivity index (χ1) is 11.9. The fourth-order valence-corrected chi connectivity index (χ4v) is 4.14. The van der Waals surface area contributed by atoms with Crippen LogP contribution in [0.15, 0.2) is 24.3 Å². The number of piperidine rings is 1. The summed E-state index contributed by atoms with van der Waals surface area (Å²) in [6.45, 7) is 3.77. The third kappa shape index (κ3) is 5.42. The maximum atomic E-state index is 12.7. The lowest BCUT2D eigenvalue weighted by Gasteiger charge is -2.35. The van der Waals surface area contributed by atoms with Gasteiger partial charge in [0.2, 0.25) is 15.9 Å². The molecule has 8 heteroatoms. The minimum absolute atomic E-state index is 0.0600. The molecule has 0 aromatic heterocycles. The summed E-state index contributed by atoms with van der Waals surface area (Å²) in [5, 5.41) is 6.18. The summed E-state index contributed by atoms with van der Waals surface area (Å²) in [7, 11) is -1.71. The molecule has 0 radical (unpaired) electrons. The molecule has 3 N–H and O–H groups in total. The van der Waals surface area contributed by atoms with E-state index in [4.69, 9.17) is 4.74 Å². The van der Waals surface area contributed by atoms with Crippen LogP contribution >= 0.6 is 0 Å². The molecule has 0 aliphatic carbocycles. The molecule has 0 atom stereocenters. The van der Waals surface area contributed by atoms with Gasteiger partial charge in [-0.3, -0.25) is 9.52 Å². The van der Waals surface area contributed by atoms with Crippen molar-refractivity contribution in [3.05, 3.63) is 24.3 Å². The van der Waals surface area contributed by atoms with E-state index in [1.54, 1.807) is 31.4 Å². The highest BCUT2D eigenvalue weighted by Gasteiger charge is 2.39. The van der Waals surface area contributed by atoms with Crippen molar-refractivity contribution >= 4 is 27.3 Å². The number of carbonyl (C=O) groups excluding carboxylic acids is 1. The summed E-state index contributed by atoms with van der Waals surface area (Å²) in [5.74, 6) is 0.0224. The quantitative estimate of drug-likeness (QED) is 0.649. The molecule has 0 unspecified atom stereocenters. The van der Waals surface area contributed by atoms with E-state index < -0.39 is 15.4 Å². The molecule has 1 aromatic carbocycles. The van der Waals surface area contributed by atoms with Crippen molar-refractivity contribution in [1.29, 1.82) is 0 Å². The number of sulfonamides is 1. The molecular weight excluding hydrogens is 342 g/mol. The van der Waals surface area contributed by atoms with Crippen molar-refractivity contribution in [1.82, 2.24) is 5.32 Å².